The third-order valence-corrected chi connectivity index (χ3v) is 5.35. The molecule has 0 spiro atoms. The first-order chi connectivity index (χ1) is 12.8. The van der Waals surface area contributed by atoms with E-state index in [9.17, 15) is 0 Å². The van der Waals surface area contributed by atoms with Crippen LogP contribution in [-0.4, -0.2) is 19.7 Å². The Morgan fingerprint density at radius 1 is 0.846 bits per heavy atom. The summed E-state index contributed by atoms with van der Waals surface area (Å²) in [7, 11) is 0. The van der Waals surface area contributed by atoms with Gasteiger partial charge < -0.3 is 0 Å². The minimum Gasteiger partial charge on any atom is -0.269 e. The molecule has 0 unspecified atom stereocenters. The average molecular weight is 423 g/mol. The van der Waals surface area contributed by atoms with Gasteiger partial charge in [0.25, 0.3) is 0 Å². The van der Waals surface area contributed by atoms with E-state index in [1.54, 1.807) is 18.0 Å². The van der Waals surface area contributed by atoms with Gasteiger partial charge in [0.15, 0.2) is 11.0 Å². The lowest BCUT2D eigenvalue weighted by Gasteiger charge is -2.10. The van der Waals surface area contributed by atoms with Crippen LogP contribution in [0.2, 0.25) is 0 Å². The number of nitrogens with zero attached hydrogens (tertiary/aromatic N) is 4. The van der Waals surface area contributed by atoms with Crippen LogP contribution in [-0.2, 0) is 5.75 Å². The van der Waals surface area contributed by atoms with E-state index < -0.39 is 0 Å². The number of hydrogen-bond acceptors (Lipinski definition) is 4. The lowest BCUT2D eigenvalue weighted by Crippen LogP contribution is -2.00. The summed E-state index contributed by atoms with van der Waals surface area (Å²) in [6.07, 6.45) is 1.77. The van der Waals surface area contributed by atoms with Gasteiger partial charge in [0.1, 0.15) is 5.69 Å². The molecule has 0 fully saturated rings. The van der Waals surface area contributed by atoms with Gasteiger partial charge in [0, 0.05) is 22.1 Å². The highest BCUT2D eigenvalue weighted by Gasteiger charge is 2.16. The van der Waals surface area contributed by atoms with Crippen molar-refractivity contribution in [1.82, 2.24) is 19.7 Å². The van der Waals surface area contributed by atoms with Crippen molar-refractivity contribution >= 4 is 27.7 Å². The van der Waals surface area contributed by atoms with Gasteiger partial charge in [-0.25, -0.2) is 0 Å². The molecule has 0 aliphatic carbocycles. The summed E-state index contributed by atoms with van der Waals surface area (Å²) in [5.41, 5.74) is 3.07. The number of benzene rings is 2. The zero-order valence-electron chi connectivity index (χ0n) is 13.8. The van der Waals surface area contributed by atoms with Crippen molar-refractivity contribution in [2.45, 2.75) is 10.9 Å². The van der Waals surface area contributed by atoms with Gasteiger partial charge in [-0.05, 0) is 42.0 Å². The predicted molar refractivity (Wildman–Crippen MR) is 108 cm³/mol. The maximum atomic E-state index is 4.44. The summed E-state index contributed by atoms with van der Waals surface area (Å²) < 4.78 is 3.14. The first-order valence-electron chi connectivity index (χ1n) is 8.11. The van der Waals surface area contributed by atoms with Crippen LogP contribution in [0.3, 0.4) is 0 Å². The fourth-order valence-electron chi connectivity index (χ4n) is 2.56. The molecule has 6 heteroatoms. The van der Waals surface area contributed by atoms with Gasteiger partial charge in [-0.1, -0.05) is 64.1 Å². The third kappa shape index (κ3) is 3.71. The monoisotopic (exact) mass is 422 g/mol. The lowest BCUT2D eigenvalue weighted by atomic mass is 10.2. The molecule has 0 saturated heterocycles. The molecule has 2 aromatic heterocycles. The van der Waals surface area contributed by atoms with Gasteiger partial charge in [-0.2, -0.15) is 0 Å². The number of hydrogen-bond donors (Lipinski definition) is 0. The van der Waals surface area contributed by atoms with Crippen LogP contribution in [0, 0.1) is 0 Å². The Balaban J connectivity index is 1.70. The summed E-state index contributed by atoms with van der Waals surface area (Å²) >= 11 is 5.14. The second-order valence-corrected chi connectivity index (χ2v) is 7.47. The maximum absolute atomic E-state index is 4.44. The van der Waals surface area contributed by atoms with Crippen LogP contribution >= 0.6 is 27.7 Å². The molecular weight excluding hydrogens is 408 g/mol. The topological polar surface area (TPSA) is 43.6 Å². The number of aromatic nitrogens is 4. The Morgan fingerprint density at radius 2 is 1.62 bits per heavy atom. The van der Waals surface area contributed by atoms with Gasteiger partial charge in [0.05, 0.1) is 0 Å². The molecule has 0 N–H and O–H groups in total. The van der Waals surface area contributed by atoms with E-state index in [1.807, 2.05) is 36.4 Å². The molecule has 0 radical (unpaired) electrons. The van der Waals surface area contributed by atoms with E-state index >= 15 is 0 Å². The second-order valence-electron chi connectivity index (χ2n) is 5.61. The van der Waals surface area contributed by atoms with Crippen LogP contribution in [0.25, 0.3) is 17.2 Å². The second kappa shape index (κ2) is 7.85. The van der Waals surface area contributed by atoms with Crippen LogP contribution in [0.15, 0.2) is 88.6 Å². The van der Waals surface area contributed by atoms with Crippen molar-refractivity contribution in [3.05, 3.63) is 89.0 Å². The Bertz CT molecular complexity index is 986. The zero-order chi connectivity index (χ0) is 17.8. The van der Waals surface area contributed by atoms with E-state index in [0.29, 0.717) is 0 Å². The van der Waals surface area contributed by atoms with Crippen LogP contribution < -0.4 is 0 Å². The smallest absolute Gasteiger partial charge is 0.196 e. The SMILES string of the molecule is Brc1ccc(CSc2nnc(-c3ccccn3)n2-c2ccccc2)cc1. The highest BCUT2D eigenvalue weighted by molar-refractivity contribution is 9.10. The average Bonchev–Trinajstić information content (AvgIpc) is 3.13. The van der Waals surface area contributed by atoms with Crippen LogP contribution in [0.1, 0.15) is 5.56 Å². The van der Waals surface area contributed by atoms with Gasteiger partial charge in [-0.3, -0.25) is 9.55 Å². The Kier molecular flexibility index (Phi) is 5.13. The van der Waals surface area contributed by atoms with Crippen molar-refractivity contribution in [1.29, 1.82) is 0 Å². The quantitative estimate of drug-likeness (QED) is 0.404. The molecule has 0 aliphatic rings. The van der Waals surface area contributed by atoms with Gasteiger partial charge in [-0.15, -0.1) is 10.2 Å². The number of thioether (sulfide) groups is 1. The molecule has 2 aromatic carbocycles. The van der Waals surface area contributed by atoms with Gasteiger partial charge >= 0.3 is 0 Å². The Hall–Kier alpha value is -2.44. The largest absolute Gasteiger partial charge is 0.269 e. The molecule has 0 saturated carbocycles. The van der Waals surface area contributed by atoms with E-state index in [-0.39, 0.29) is 0 Å². The molecular formula is C20H15BrN4S. The van der Waals surface area contributed by atoms with Crippen molar-refractivity contribution in [2.24, 2.45) is 0 Å². The molecule has 2 heterocycles. The third-order valence-electron chi connectivity index (χ3n) is 3.82. The molecule has 0 aliphatic heterocycles. The number of rotatable bonds is 5. The molecule has 4 nitrogen and oxygen atoms in total. The standard InChI is InChI=1S/C20H15BrN4S/c21-16-11-9-15(10-12-16)14-26-20-24-23-19(18-8-4-5-13-22-18)25(20)17-6-2-1-3-7-17/h1-13H,14H2. The normalized spacial score (nSPS) is 10.8. The number of para-hydroxylation sites is 1. The van der Waals surface area contributed by atoms with Crippen molar-refractivity contribution in [3.63, 3.8) is 0 Å². The fraction of sp³-hybridized carbons (Fsp3) is 0.0500. The molecule has 0 bridgehead atoms. The molecule has 0 amide bonds. The van der Waals surface area contributed by atoms with E-state index in [0.717, 1.165) is 32.6 Å². The van der Waals surface area contributed by atoms with Crippen molar-refractivity contribution < 1.29 is 0 Å². The minimum absolute atomic E-state index is 0.745. The first-order valence-corrected chi connectivity index (χ1v) is 9.88. The Morgan fingerprint density at radius 3 is 2.35 bits per heavy atom. The summed E-state index contributed by atoms with van der Waals surface area (Å²) in [5, 5.41) is 9.69. The summed E-state index contributed by atoms with van der Waals surface area (Å²) in [5.74, 6) is 1.57. The maximum Gasteiger partial charge on any atom is 0.196 e. The van der Waals surface area contributed by atoms with Crippen molar-refractivity contribution in [2.75, 3.05) is 0 Å². The summed E-state index contributed by atoms with van der Waals surface area (Å²) in [4.78, 5) is 4.44. The highest BCUT2D eigenvalue weighted by atomic mass is 79.9. The first kappa shape index (κ1) is 17.0. The summed E-state index contributed by atoms with van der Waals surface area (Å²) in [6, 6.07) is 24.3. The van der Waals surface area contributed by atoms with Crippen molar-refractivity contribution in [3.8, 4) is 17.2 Å². The van der Waals surface area contributed by atoms with E-state index in [1.165, 1.54) is 5.56 Å². The predicted octanol–water partition coefficient (Wildman–Crippen LogP) is 5.38. The van der Waals surface area contributed by atoms with Gasteiger partial charge in [0.2, 0.25) is 0 Å². The molecule has 0 atom stereocenters. The molecule has 4 aromatic rings. The fourth-order valence-corrected chi connectivity index (χ4v) is 3.73. The summed E-state index contributed by atoms with van der Waals surface area (Å²) in [6.45, 7) is 0. The van der Waals surface area contributed by atoms with E-state index in [4.69, 9.17) is 0 Å². The highest BCUT2D eigenvalue weighted by Crippen LogP contribution is 2.29. The Labute approximate surface area is 164 Å². The number of pyridine rings is 1. The van der Waals surface area contributed by atoms with E-state index in [2.05, 4.69) is 72.1 Å². The molecule has 128 valence electrons. The molecule has 26 heavy (non-hydrogen) atoms. The molecule has 4 rings (SSSR count). The minimum atomic E-state index is 0.745. The van der Waals surface area contributed by atoms with Crippen LogP contribution in [0.5, 0.6) is 0 Å². The van der Waals surface area contributed by atoms with Crippen LogP contribution in [0.4, 0.5) is 0 Å². The zero-order valence-corrected chi connectivity index (χ0v) is 16.2. The number of halogens is 1. The lowest BCUT2D eigenvalue weighted by molar-refractivity contribution is 0.885.